The third-order valence-corrected chi connectivity index (χ3v) is 2.39. The summed E-state index contributed by atoms with van der Waals surface area (Å²) in [6.45, 7) is 3.39. The maximum Gasteiger partial charge on any atom is 0.151 e. The molecule has 0 radical (unpaired) electrons. The van der Waals surface area contributed by atoms with Crippen LogP contribution in [0.15, 0.2) is 10.6 Å². The Balaban J connectivity index is 2.25. The van der Waals surface area contributed by atoms with Crippen LogP contribution in [0.1, 0.15) is 17.9 Å². The van der Waals surface area contributed by atoms with Gasteiger partial charge >= 0.3 is 0 Å². The molecule has 16 heavy (non-hydrogen) atoms. The molecule has 5 heteroatoms. The van der Waals surface area contributed by atoms with Gasteiger partial charge in [0, 0.05) is 12.6 Å². The first-order chi connectivity index (χ1) is 7.61. The fourth-order valence-corrected chi connectivity index (χ4v) is 1.53. The molecule has 0 amide bonds. The standard InChI is InChI=1S/C11H22N4O/c1-14(2)5-4-6-15(3)9-11-7-10(8-12)13-16-11/h7H,4-6,8-9,12H2,1-3H3. The summed E-state index contributed by atoms with van der Waals surface area (Å²) in [5.41, 5.74) is 6.28. The zero-order valence-electron chi connectivity index (χ0n) is 10.4. The van der Waals surface area contributed by atoms with Crippen LogP contribution in [0.5, 0.6) is 0 Å². The van der Waals surface area contributed by atoms with E-state index in [1.807, 2.05) is 6.07 Å². The van der Waals surface area contributed by atoms with E-state index < -0.39 is 0 Å². The molecular weight excluding hydrogens is 204 g/mol. The number of aromatic nitrogens is 1. The highest BCUT2D eigenvalue weighted by Gasteiger charge is 2.06. The Morgan fingerprint density at radius 2 is 2.06 bits per heavy atom. The molecule has 1 rings (SSSR count). The summed E-state index contributed by atoms with van der Waals surface area (Å²) in [7, 11) is 6.26. The van der Waals surface area contributed by atoms with Gasteiger partial charge in [-0.3, -0.25) is 4.90 Å². The van der Waals surface area contributed by atoms with Crippen LogP contribution in [-0.2, 0) is 13.1 Å². The SMILES string of the molecule is CN(C)CCCN(C)Cc1cc(CN)no1. The summed E-state index contributed by atoms with van der Waals surface area (Å²) in [6.07, 6.45) is 1.15. The van der Waals surface area contributed by atoms with Gasteiger partial charge < -0.3 is 15.2 Å². The smallest absolute Gasteiger partial charge is 0.151 e. The van der Waals surface area contributed by atoms with Crippen molar-refractivity contribution in [1.82, 2.24) is 15.0 Å². The van der Waals surface area contributed by atoms with E-state index in [0.29, 0.717) is 6.54 Å². The number of nitrogens with two attached hydrogens (primary N) is 1. The molecule has 1 heterocycles. The Bertz CT molecular complexity index is 298. The van der Waals surface area contributed by atoms with Gasteiger partial charge in [-0.15, -0.1) is 0 Å². The van der Waals surface area contributed by atoms with Crippen LogP contribution in [0.2, 0.25) is 0 Å². The van der Waals surface area contributed by atoms with Gasteiger partial charge in [0.1, 0.15) is 0 Å². The molecule has 92 valence electrons. The fraction of sp³-hybridized carbons (Fsp3) is 0.727. The largest absolute Gasteiger partial charge is 0.360 e. The van der Waals surface area contributed by atoms with Gasteiger partial charge in [0.2, 0.25) is 0 Å². The minimum atomic E-state index is 0.438. The average Bonchev–Trinajstić information content (AvgIpc) is 2.65. The van der Waals surface area contributed by atoms with Gasteiger partial charge in [0.25, 0.3) is 0 Å². The highest BCUT2D eigenvalue weighted by Crippen LogP contribution is 2.06. The minimum Gasteiger partial charge on any atom is -0.360 e. The van der Waals surface area contributed by atoms with Crippen molar-refractivity contribution in [3.8, 4) is 0 Å². The highest BCUT2D eigenvalue weighted by molar-refractivity contribution is 5.04. The van der Waals surface area contributed by atoms with Crippen molar-refractivity contribution < 1.29 is 4.52 Å². The van der Waals surface area contributed by atoms with Gasteiger partial charge in [-0.25, -0.2) is 0 Å². The maximum absolute atomic E-state index is 5.47. The van der Waals surface area contributed by atoms with Crippen molar-refractivity contribution in [1.29, 1.82) is 0 Å². The first kappa shape index (κ1) is 13.2. The predicted octanol–water partition coefficient (Wildman–Crippen LogP) is 0.517. The van der Waals surface area contributed by atoms with E-state index in [4.69, 9.17) is 10.3 Å². The Labute approximate surface area is 97.2 Å². The Morgan fingerprint density at radius 3 is 2.62 bits per heavy atom. The van der Waals surface area contributed by atoms with Crippen LogP contribution in [-0.4, -0.2) is 49.2 Å². The van der Waals surface area contributed by atoms with E-state index in [-0.39, 0.29) is 0 Å². The molecule has 0 aliphatic heterocycles. The molecule has 0 saturated heterocycles. The molecule has 0 saturated carbocycles. The predicted molar refractivity (Wildman–Crippen MR) is 63.9 cm³/mol. The van der Waals surface area contributed by atoms with Crippen molar-refractivity contribution in [2.24, 2.45) is 5.73 Å². The lowest BCUT2D eigenvalue weighted by molar-refractivity contribution is 0.257. The Morgan fingerprint density at radius 1 is 1.31 bits per heavy atom. The number of nitrogens with zero attached hydrogens (tertiary/aromatic N) is 3. The summed E-state index contributed by atoms with van der Waals surface area (Å²) in [5, 5.41) is 3.86. The summed E-state index contributed by atoms with van der Waals surface area (Å²) in [6, 6.07) is 1.92. The highest BCUT2D eigenvalue weighted by atomic mass is 16.5. The molecule has 0 bridgehead atoms. The second kappa shape index (κ2) is 6.62. The van der Waals surface area contributed by atoms with E-state index >= 15 is 0 Å². The molecule has 0 aromatic carbocycles. The van der Waals surface area contributed by atoms with Crippen molar-refractivity contribution in [2.75, 3.05) is 34.2 Å². The lowest BCUT2D eigenvalue weighted by Gasteiger charge is -2.16. The van der Waals surface area contributed by atoms with Crippen LogP contribution in [0, 0.1) is 0 Å². The Kier molecular flexibility index (Phi) is 5.45. The zero-order chi connectivity index (χ0) is 12.0. The van der Waals surface area contributed by atoms with Crippen molar-refractivity contribution >= 4 is 0 Å². The van der Waals surface area contributed by atoms with Gasteiger partial charge in [-0.05, 0) is 40.7 Å². The molecule has 0 aliphatic carbocycles. The van der Waals surface area contributed by atoms with E-state index in [0.717, 1.165) is 37.5 Å². The first-order valence-electron chi connectivity index (χ1n) is 5.59. The Hall–Kier alpha value is -0.910. The topological polar surface area (TPSA) is 58.5 Å². The summed E-state index contributed by atoms with van der Waals surface area (Å²) < 4.78 is 5.17. The van der Waals surface area contributed by atoms with E-state index in [1.165, 1.54) is 0 Å². The molecule has 0 atom stereocenters. The number of hydrogen-bond donors (Lipinski definition) is 1. The quantitative estimate of drug-likeness (QED) is 0.734. The maximum atomic E-state index is 5.47. The monoisotopic (exact) mass is 226 g/mol. The second-order valence-electron chi connectivity index (χ2n) is 4.38. The summed E-state index contributed by atoms with van der Waals surface area (Å²) >= 11 is 0. The van der Waals surface area contributed by atoms with E-state index in [2.05, 4.69) is 36.1 Å². The molecule has 5 nitrogen and oxygen atoms in total. The molecule has 0 spiro atoms. The normalized spacial score (nSPS) is 11.6. The van der Waals surface area contributed by atoms with Crippen LogP contribution in [0.4, 0.5) is 0 Å². The molecular formula is C11H22N4O. The lowest BCUT2D eigenvalue weighted by atomic mass is 10.3. The van der Waals surface area contributed by atoms with E-state index in [1.54, 1.807) is 0 Å². The second-order valence-corrected chi connectivity index (χ2v) is 4.38. The molecule has 1 aromatic rings. The van der Waals surface area contributed by atoms with Crippen LogP contribution in [0.3, 0.4) is 0 Å². The van der Waals surface area contributed by atoms with Gasteiger partial charge in [-0.2, -0.15) is 0 Å². The van der Waals surface area contributed by atoms with Gasteiger partial charge in [-0.1, -0.05) is 5.16 Å². The molecule has 0 aliphatic rings. The van der Waals surface area contributed by atoms with Crippen LogP contribution >= 0.6 is 0 Å². The molecule has 0 fully saturated rings. The van der Waals surface area contributed by atoms with Crippen LogP contribution in [0.25, 0.3) is 0 Å². The van der Waals surface area contributed by atoms with Crippen molar-refractivity contribution in [3.63, 3.8) is 0 Å². The fourth-order valence-electron chi connectivity index (χ4n) is 1.53. The van der Waals surface area contributed by atoms with Crippen LogP contribution < -0.4 is 5.73 Å². The minimum absolute atomic E-state index is 0.438. The third kappa shape index (κ3) is 4.74. The third-order valence-electron chi connectivity index (χ3n) is 2.39. The van der Waals surface area contributed by atoms with Crippen molar-refractivity contribution in [2.45, 2.75) is 19.5 Å². The average molecular weight is 226 g/mol. The first-order valence-corrected chi connectivity index (χ1v) is 5.59. The van der Waals surface area contributed by atoms with Crippen molar-refractivity contribution in [3.05, 3.63) is 17.5 Å². The summed E-state index contributed by atoms with van der Waals surface area (Å²) in [5.74, 6) is 0.882. The summed E-state index contributed by atoms with van der Waals surface area (Å²) in [4.78, 5) is 4.42. The molecule has 2 N–H and O–H groups in total. The molecule has 0 unspecified atom stereocenters. The number of hydrogen-bond acceptors (Lipinski definition) is 5. The van der Waals surface area contributed by atoms with E-state index in [9.17, 15) is 0 Å². The number of rotatable bonds is 7. The van der Waals surface area contributed by atoms with Gasteiger partial charge in [0.05, 0.1) is 12.2 Å². The zero-order valence-corrected chi connectivity index (χ0v) is 10.4. The molecule has 1 aromatic heterocycles. The lowest BCUT2D eigenvalue weighted by Crippen LogP contribution is -2.23. The van der Waals surface area contributed by atoms with Gasteiger partial charge in [0.15, 0.2) is 5.76 Å².